The lowest BCUT2D eigenvalue weighted by atomic mass is 9.73. The Hall–Kier alpha value is -0.0400. The Balaban J connectivity index is 1.89. The number of fused-ring (bicyclic) bond motifs is 1. The molecule has 3 rings (SSSR count). The molecule has 86 valence electrons. The van der Waals surface area contributed by atoms with Gasteiger partial charge in [0.05, 0.1) is 0 Å². The molecule has 0 bridgehead atoms. The molecule has 1 saturated heterocycles. The summed E-state index contributed by atoms with van der Waals surface area (Å²) in [5.41, 5.74) is 2.10. The van der Waals surface area contributed by atoms with Gasteiger partial charge in [-0.3, -0.25) is 0 Å². The molecule has 1 heterocycles. The van der Waals surface area contributed by atoms with E-state index < -0.39 is 0 Å². The number of hydrogen-bond acceptors (Lipinski definition) is 1. The zero-order valence-corrected chi connectivity index (χ0v) is 10.8. The first kappa shape index (κ1) is 10.1. The van der Waals surface area contributed by atoms with E-state index in [-0.39, 0.29) is 0 Å². The van der Waals surface area contributed by atoms with E-state index in [0.717, 1.165) is 11.5 Å². The molecule has 2 saturated carbocycles. The predicted molar refractivity (Wildman–Crippen MR) is 63.8 cm³/mol. The van der Waals surface area contributed by atoms with Crippen molar-refractivity contribution < 1.29 is 0 Å². The van der Waals surface area contributed by atoms with Crippen LogP contribution in [0.4, 0.5) is 0 Å². The van der Waals surface area contributed by atoms with E-state index in [9.17, 15) is 0 Å². The van der Waals surface area contributed by atoms with Crippen molar-refractivity contribution >= 4 is 0 Å². The molecule has 0 N–H and O–H groups in total. The molecule has 2 aliphatic carbocycles. The van der Waals surface area contributed by atoms with E-state index in [1.807, 2.05) is 0 Å². The highest BCUT2D eigenvalue weighted by molar-refractivity contribution is 5.32. The third-order valence-corrected chi connectivity index (χ3v) is 6.60. The second-order valence-electron chi connectivity index (χ2n) is 6.76. The van der Waals surface area contributed by atoms with Crippen LogP contribution in [0.3, 0.4) is 0 Å². The van der Waals surface area contributed by atoms with Gasteiger partial charge in [0, 0.05) is 12.6 Å². The highest BCUT2D eigenvalue weighted by Crippen LogP contribution is 2.88. The maximum absolute atomic E-state index is 2.70. The van der Waals surface area contributed by atoms with Gasteiger partial charge in [-0.25, -0.2) is 0 Å². The lowest BCUT2D eigenvalue weighted by Crippen LogP contribution is -2.28. The van der Waals surface area contributed by atoms with Crippen LogP contribution >= 0.6 is 0 Å². The van der Waals surface area contributed by atoms with Crippen LogP contribution in [0.15, 0.2) is 0 Å². The van der Waals surface area contributed by atoms with Crippen molar-refractivity contribution in [3.8, 4) is 0 Å². The average Bonchev–Trinajstić information content (AvgIpc) is 2.36. The van der Waals surface area contributed by atoms with Crippen LogP contribution < -0.4 is 0 Å². The second-order valence-corrected chi connectivity index (χ2v) is 6.76. The van der Waals surface area contributed by atoms with Gasteiger partial charge in [-0.2, -0.15) is 0 Å². The van der Waals surface area contributed by atoms with Crippen molar-refractivity contribution in [2.24, 2.45) is 16.2 Å². The monoisotopic (exact) mass is 207 g/mol. The SMILES string of the molecule is CCN1CC2(CC1C)C(C)(C)C21CCC1. The van der Waals surface area contributed by atoms with E-state index >= 15 is 0 Å². The minimum Gasteiger partial charge on any atom is -0.300 e. The third kappa shape index (κ3) is 0.833. The van der Waals surface area contributed by atoms with E-state index in [2.05, 4.69) is 32.6 Å². The normalized spacial score (nSPS) is 46.0. The van der Waals surface area contributed by atoms with Crippen molar-refractivity contribution in [2.75, 3.05) is 13.1 Å². The highest BCUT2D eigenvalue weighted by atomic mass is 15.2. The van der Waals surface area contributed by atoms with Crippen molar-refractivity contribution in [3.63, 3.8) is 0 Å². The predicted octanol–water partition coefficient (Wildman–Crippen LogP) is 3.30. The van der Waals surface area contributed by atoms with E-state index in [4.69, 9.17) is 0 Å². The zero-order chi connectivity index (χ0) is 10.9. The standard InChI is InChI=1S/C14H25N/c1-5-15-10-14(9-11(15)2)12(3,4)13(14)7-6-8-13/h11H,5-10H2,1-4H3. The Bertz CT molecular complexity index is 290. The topological polar surface area (TPSA) is 3.24 Å². The molecule has 0 aromatic rings. The first-order valence-electron chi connectivity index (χ1n) is 6.75. The number of rotatable bonds is 1. The van der Waals surface area contributed by atoms with Crippen LogP contribution in [0.25, 0.3) is 0 Å². The first-order chi connectivity index (χ1) is 7.01. The Morgan fingerprint density at radius 1 is 1.20 bits per heavy atom. The summed E-state index contributed by atoms with van der Waals surface area (Å²) in [7, 11) is 0. The largest absolute Gasteiger partial charge is 0.300 e. The molecule has 2 spiro atoms. The molecule has 3 fully saturated rings. The fraction of sp³-hybridized carbons (Fsp3) is 1.00. The summed E-state index contributed by atoms with van der Waals surface area (Å²) in [6, 6.07) is 0.828. The highest BCUT2D eigenvalue weighted by Gasteiger charge is 2.83. The third-order valence-electron chi connectivity index (χ3n) is 6.60. The maximum Gasteiger partial charge on any atom is 0.00732 e. The summed E-state index contributed by atoms with van der Waals surface area (Å²) >= 11 is 0. The van der Waals surface area contributed by atoms with Gasteiger partial charge in [-0.1, -0.05) is 27.2 Å². The van der Waals surface area contributed by atoms with Crippen molar-refractivity contribution in [1.29, 1.82) is 0 Å². The molecule has 1 aliphatic heterocycles. The molecule has 1 nitrogen and oxygen atoms in total. The van der Waals surface area contributed by atoms with Crippen molar-refractivity contribution in [1.82, 2.24) is 4.90 Å². The van der Waals surface area contributed by atoms with Crippen LogP contribution in [-0.4, -0.2) is 24.0 Å². The van der Waals surface area contributed by atoms with Crippen LogP contribution in [-0.2, 0) is 0 Å². The molecular weight excluding hydrogens is 182 g/mol. The quantitative estimate of drug-likeness (QED) is 0.637. The Morgan fingerprint density at radius 2 is 1.87 bits per heavy atom. The summed E-state index contributed by atoms with van der Waals surface area (Å²) in [6.07, 6.45) is 5.99. The van der Waals surface area contributed by atoms with Crippen LogP contribution in [0.5, 0.6) is 0 Å². The minimum absolute atomic E-state index is 0.635. The van der Waals surface area contributed by atoms with Crippen molar-refractivity contribution in [2.45, 2.75) is 59.4 Å². The second kappa shape index (κ2) is 2.61. The molecule has 0 aromatic carbocycles. The molecule has 0 aromatic heterocycles. The zero-order valence-electron chi connectivity index (χ0n) is 10.8. The molecule has 2 unspecified atom stereocenters. The number of nitrogens with zero attached hydrogens (tertiary/aromatic N) is 1. The number of likely N-dealkylation sites (tertiary alicyclic amines) is 1. The summed E-state index contributed by atoms with van der Waals surface area (Å²) in [5.74, 6) is 0. The van der Waals surface area contributed by atoms with Gasteiger partial charge in [-0.05, 0) is 49.0 Å². The molecule has 0 radical (unpaired) electrons. The lowest BCUT2D eigenvalue weighted by Gasteiger charge is -2.32. The van der Waals surface area contributed by atoms with Gasteiger partial charge in [0.2, 0.25) is 0 Å². The van der Waals surface area contributed by atoms with Crippen LogP contribution in [0, 0.1) is 16.2 Å². The smallest absolute Gasteiger partial charge is 0.00732 e. The van der Waals surface area contributed by atoms with E-state index in [1.165, 1.54) is 38.8 Å². The average molecular weight is 207 g/mol. The van der Waals surface area contributed by atoms with Gasteiger partial charge in [-0.15, -0.1) is 0 Å². The Morgan fingerprint density at radius 3 is 2.20 bits per heavy atom. The van der Waals surface area contributed by atoms with Crippen molar-refractivity contribution in [3.05, 3.63) is 0 Å². The lowest BCUT2D eigenvalue weighted by molar-refractivity contribution is 0.186. The van der Waals surface area contributed by atoms with Gasteiger partial charge >= 0.3 is 0 Å². The van der Waals surface area contributed by atoms with E-state index in [1.54, 1.807) is 0 Å². The Kier molecular flexibility index (Phi) is 1.77. The fourth-order valence-corrected chi connectivity index (χ4v) is 5.32. The summed E-state index contributed by atoms with van der Waals surface area (Å²) in [4.78, 5) is 2.70. The molecule has 3 aliphatic rings. The molecule has 1 heteroatoms. The minimum atomic E-state index is 0.635. The molecule has 2 atom stereocenters. The van der Waals surface area contributed by atoms with Crippen LogP contribution in [0.2, 0.25) is 0 Å². The fourth-order valence-electron chi connectivity index (χ4n) is 5.32. The van der Waals surface area contributed by atoms with Gasteiger partial charge in [0.25, 0.3) is 0 Å². The Labute approximate surface area is 94.2 Å². The van der Waals surface area contributed by atoms with E-state index in [0.29, 0.717) is 10.8 Å². The molecular formula is C14H25N. The van der Waals surface area contributed by atoms with Gasteiger partial charge in [0.1, 0.15) is 0 Å². The number of hydrogen-bond donors (Lipinski definition) is 0. The first-order valence-corrected chi connectivity index (χ1v) is 6.75. The summed E-state index contributed by atoms with van der Waals surface area (Å²) in [5, 5.41) is 0. The molecule has 0 amide bonds. The summed E-state index contributed by atoms with van der Waals surface area (Å²) in [6.45, 7) is 12.5. The van der Waals surface area contributed by atoms with Crippen LogP contribution in [0.1, 0.15) is 53.4 Å². The maximum atomic E-state index is 2.70. The summed E-state index contributed by atoms with van der Waals surface area (Å²) < 4.78 is 0. The van der Waals surface area contributed by atoms with Gasteiger partial charge in [0.15, 0.2) is 0 Å². The molecule has 15 heavy (non-hydrogen) atoms. The van der Waals surface area contributed by atoms with Gasteiger partial charge < -0.3 is 4.90 Å².